The normalized spacial score (nSPS) is 14.7. The SMILES string of the molecule is O=C1N(c2cncs2)Cc2cc(Br)nn21. The lowest BCUT2D eigenvalue weighted by molar-refractivity contribution is 0.248. The minimum absolute atomic E-state index is 0.125. The van der Waals surface area contributed by atoms with Crippen molar-refractivity contribution in [1.82, 2.24) is 14.8 Å². The molecule has 0 aromatic carbocycles. The Bertz CT molecular complexity index is 521. The van der Waals surface area contributed by atoms with E-state index in [1.54, 1.807) is 16.6 Å². The number of carbonyl (C=O) groups is 1. The molecule has 76 valence electrons. The summed E-state index contributed by atoms with van der Waals surface area (Å²) in [6.45, 7) is 0.555. The van der Waals surface area contributed by atoms with Crippen LogP contribution in [0.4, 0.5) is 9.80 Å². The fraction of sp³-hybridized carbons (Fsp3) is 0.125. The van der Waals surface area contributed by atoms with Gasteiger partial charge in [-0.15, -0.1) is 11.3 Å². The van der Waals surface area contributed by atoms with Crippen molar-refractivity contribution in [3.63, 3.8) is 0 Å². The van der Waals surface area contributed by atoms with Crippen molar-refractivity contribution in [3.8, 4) is 0 Å². The average Bonchev–Trinajstić information content (AvgIpc) is 2.84. The Kier molecular flexibility index (Phi) is 1.89. The Morgan fingerprint density at radius 1 is 1.53 bits per heavy atom. The number of thiazole rings is 1. The molecule has 5 nitrogen and oxygen atoms in total. The van der Waals surface area contributed by atoms with E-state index in [0.29, 0.717) is 11.1 Å². The zero-order valence-corrected chi connectivity index (χ0v) is 9.82. The second-order valence-electron chi connectivity index (χ2n) is 3.08. The lowest BCUT2D eigenvalue weighted by atomic mass is 10.4. The highest BCUT2D eigenvalue weighted by Gasteiger charge is 2.30. The van der Waals surface area contributed by atoms with Crippen LogP contribution in [0.1, 0.15) is 5.69 Å². The molecule has 0 aliphatic carbocycles. The summed E-state index contributed by atoms with van der Waals surface area (Å²) in [6.07, 6.45) is 1.68. The van der Waals surface area contributed by atoms with Gasteiger partial charge in [-0.25, -0.2) is 4.79 Å². The maximum Gasteiger partial charge on any atom is 0.350 e. The van der Waals surface area contributed by atoms with Gasteiger partial charge in [-0.3, -0.25) is 9.88 Å². The zero-order chi connectivity index (χ0) is 10.4. The zero-order valence-electron chi connectivity index (χ0n) is 7.42. The number of fused-ring (bicyclic) bond motifs is 1. The fourth-order valence-corrected chi connectivity index (χ4v) is 2.57. The van der Waals surface area contributed by atoms with Crippen LogP contribution in [0.3, 0.4) is 0 Å². The monoisotopic (exact) mass is 284 g/mol. The summed E-state index contributed by atoms with van der Waals surface area (Å²) in [5, 5.41) is 4.91. The van der Waals surface area contributed by atoms with Gasteiger partial charge in [-0.05, 0) is 22.0 Å². The molecule has 2 aromatic heterocycles. The molecular weight excluding hydrogens is 280 g/mol. The first-order valence-corrected chi connectivity index (χ1v) is 5.88. The molecule has 0 fully saturated rings. The Labute approximate surface area is 97.5 Å². The van der Waals surface area contributed by atoms with Gasteiger partial charge >= 0.3 is 6.03 Å². The largest absolute Gasteiger partial charge is 0.350 e. The molecule has 0 bridgehead atoms. The topological polar surface area (TPSA) is 51.0 Å². The molecule has 0 N–H and O–H groups in total. The van der Waals surface area contributed by atoms with Gasteiger partial charge in [0.15, 0.2) is 0 Å². The van der Waals surface area contributed by atoms with E-state index in [1.165, 1.54) is 16.0 Å². The predicted molar refractivity (Wildman–Crippen MR) is 59.0 cm³/mol. The summed E-state index contributed by atoms with van der Waals surface area (Å²) in [6, 6.07) is 1.72. The van der Waals surface area contributed by atoms with Crippen LogP contribution >= 0.6 is 27.3 Å². The maximum absolute atomic E-state index is 11.9. The van der Waals surface area contributed by atoms with E-state index in [1.807, 2.05) is 6.07 Å². The molecule has 0 spiro atoms. The van der Waals surface area contributed by atoms with E-state index >= 15 is 0 Å². The van der Waals surface area contributed by atoms with Crippen molar-refractivity contribution in [2.45, 2.75) is 6.54 Å². The first kappa shape index (κ1) is 9.05. The minimum Gasteiger partial charge on any atom is -0.276 e. The molecule has 3 rings (SSSR count). The predicted octanol–water partition coefficient (Wildman–Crippen LogP) is 2.09. The number of hydrogen-bond acceptors (Lipinski definition) is 4. The minimum atomic E-state index is -0.125. The number of hydrogen-bond donors (Lipinski definition) is 0. The van der Waals surface area contributed by atoms with Gasteiger partial charge in [-0.2, -0.15) is 9.78 Å². The highest BCUT2D eigenvalue weighted by atomic mass is 79.9. The number of carbonyl (C=O) groups excluding carboxylic acids is 1. The third kappa shape index (κ3) is 1.30. The molecule has 1 aliphatic heterocycles. The molecule has 0 radical (unpaired) electrons. The highest BCUT2D eigenvalue weighted by Crippen LogP contribution is 2.28. The van der Waals surface area contributed by atoms with E-state index in [-0.39, 0.29) is 6.03 Å². The third-order valence-corrected chi connectivity index (χ3v) is 3.35. The van der Waals surface area contributed by atoms with Crippen molar-refractivity contribution < 1.29 is 4.79 Å². The van der Waals surface area contributed by atoms with E-state index in [4.69, 9.17) is 0 Å². The van der Waals surface area contributed by atoms with Gasteiger partial charge < -0.3 is 0 Å². The van der Waals surface area contributed by atoms with Crippen LogP contribution in [0.15, 0.2) is 22.4 Å². The smallest absolute Gasteiger partial charge is 0.276 e. The van der Waals surface area contributed by atoms with Crippen LogP contribution in [0.2, 0.25) is 0 Å². The van der Waals surface area contributed by atoms with Gasteiger partial charge in [-0.1, -0.05) is 0 Å². The standard InChI is InChI=1S/C8H5BrN4OS/c9-6-1-5-3-12(7-2-10-4-15-7)8(14)13(5)11-6/h1-2,4H,3H2. The highest BCUT2D eigenvalue weighted by molar-refractivity contribution is 9.10. The van der Waals surface area contributed by atoms with Crippen LogP contribution < -0.4 is 4.90 Å². The molecular formula is C8H5BrN4OS. The second-order valence-corrected chi connectivity index (χ2v) is 4.76. The van der Waals surface area contributed by atoms with Crippen LogP contribution in [-0.2, 0) is 6.54 Å². The number of rotatable bonds is 1. The Balaban J connectivity index is 2.01. The maximum atomic E-state index is 11.9. The number of amides is 1. The van der Waals surface area contributed by atoms with Gasteiger partial charge in [0, 0.05) is 0 Å². The van der Waals surface area contributed by atoms with Gasteiger partial charge in [0.05, 0.1) is 23.9 Å². The summed E-state index contributed by atoms with van der Waals surface area (Å²) in [7, 11) is 0. The van der Waals surface area contributed by atoms with Gasteiger partial charge in [0.2, 0.25) is 0 Å². The Morgan fingerprint density at radius 2 is 2.40 bits per heavy atom. The van der Waals surface area contributed by atoms with E-state index in [0.717, 1.165) is 10.7 Å². The number of nitrogens with zero attached hydrogens (tertiary/aromatic N) is 4. The van der Waals surface area contributed by atoms with E-state index in [2.05, 4.69) is 26.0 Å². The molecule has 1 aliphatic rings. The van der Waals surface area contributed by atoms with Crippen LogP contribution in [-0.4, -0.2) is 20.8 Å². The molecule has 7 heteroatoms. The van der Waals surface area contributed by atoms with Crippen molar-refractivity contribution >= 4 is 38.3 Å². The lowest BCUT2D eigenvalue weighted by Gasteiger charge is -2.10. The number of aromatic nitrogens is 3. The average molecular weight is 285 g/mol. The molecule has 2 aromatic rings. The van der Waals surface area contributed by atoms with Crippen molar-refractivity contribution in [2.24, 2.45) is 0 Å². The van der Waals surface area contributed by atoms with Crippen molar-refractivity contribution in [1.29, 1.82) is 0 Å². The van der Waals surface area contributed by atoms with Crippen LogP contribution in [0.5, 0.6) is 0 Å². The Morgan fingerprint density at radius 3 is 3.07 bits per heavy atom. The number of anilines is 1. The van der Waals surface area contributed by atoms with E-state index < -0.39 is 0 Å². The summed E-state index contributed by atoms with van der Waals surface area (Å²) >= 11 is 4.68. The van der Waals surface area contributed by atoms with Crippen molar-refractivity contribution in [3.05, 3.63) is 28.1 Å². The fourth-order valence-electron chi connectivity index (χ4n) is 1.52. The summed E-state index contributed by atoms with van der Waals surface area (Å²) in [5.41, 5.74) is 2.60. The molecule has 0 saturated heterocycles. The molecule has 0 saturated carbocycles. The molecule has 0 unspecified atom stereocenters. The molecule has 1 amide bonds. The van der Waals surface area contributed by atoms with E-state index in [9.17, 15) is 4.79 Å². The van der Waals surface area contributed by atoms with Gasteiger partial charge in [0.25, 0.3) is 0 Å². The summed E-state index contributed by atoms with van der Waals surface area (Å²) in [4.78, 5) is 17.5. The van der Waals surface area contributed by atoms with Crippen molar-refractivity contribution in [2.75, 3.05) is 4.90 Å². The van der Waals surface area contributed by atoms with Crippen LogP contribution in [0, 0.1) is 0 Å². The molecule has 0 atom stereocenters. The third-order valence-electron chi connectivity index (χ3n) is 2.17. The number of halogens is 1. The van der Waals surface area contributed by atoms with Crippen LogP contribution in [0.25, 0.3) is 0 Å². The Hall–Kier alpha value is -1.21. The lowest BCUT2D eigenvalue weighted by Crippen LogP contribution is -2.25. The second kappa shape index (κ2) is 3.14. The first-order chi connectivity index (χ1) is 7.25. The molecule has 15 heavy (non-hydrogen) atoms. The summed E-state index contributed by atoms with van der Waals surface area (Å²) in [5.74, 6) is 0. The molecule has 3 heterocycles. The first-order valence-electron chi connectivity index (χ1n) is 4.20. The summed E-state index contributed by atoms with van der Waals surface area (Å²) < 4.78 is 2.10. The van der Waals surface area contributed by atoms with Gasteiger partial charge in [0.1, 0.15) is 9.60 Å². The quantitative estimate of drug-likeness (QED) is 0.806.